The predicted octanol–water partition coefficient (Wildman–Crippen LogP) is 3.49. The number of ether oxygens (including phenoxy) is 1. The third kappa shape index (κ3) is 2.51. The molecular formula is C14H13N3OS. The van der Waals surface area contributed by atoms with E-state index in [1.54, 1.807) is 30.1 Å². The highest BCUT2D eigenvalue weighted by atomic mass is 32.1. The zero-order chi connectivity index (χ0) is 13.1. The molecule has 0 N–H and O–H groups in total. The summed E-state index contributed by atoms with van der Waals surface area (Å²) in [6, 6.07) is 4.20. The Morgan fingerprint density at radius 2 is 2.37 bits per heavy atom. The summed E-state index contributed by atoms with van der Waals surface area (Å²) in [5, 5.41) is 1.18. The number of fused-ring (bicyclic) bond motifs is 1. The maximum Gasteiger partial charge on any atom is 0.138 e. The summed E-state index contributed by atoms with van der Waals surface area (Å²) < 4.78 is 8.28. The van der Waals surface area contributed by atoms with Crippen molar-refractivity contribution in [1.29, 1.82) is 0 Å². The standard InChI is InChI=1S/C14H13N3OS/c1-2-18-6-3-12-7-11-8-14(16-9-13(11)19-12)17-5-4-15-10-17/h3-10H,2H2,1H3. The van der Waals surface area contributed by atoms with Gasteiger partial charge in [0, 0.05) is 23.5 Å². The van der Waals surface area contributed by atoms with E-state index in [2.05, 4.69) is 22.1 Å². The summed E-state index contributed by atoms with van der Waals surface area (Å²) in [6.07, 6.45) is 11.0. The molecule has 0 fully saturated rings. The summed E-state index contributed by atoms with van der Waals surface area (Å²) in [6.45, 7) is 2.66. The Morgan fingerprint density at radius 1 is 1.42 bits per heavy atom. The molecule has 0 spiro atoms. The second kappa shape index (κ2) is 5.24. The van der Waals surface area contributed by atoms with Crippen LogP contribution in [0.3, 0.4) is 0 Å². The highest BCUT2D eigenvalue weighted by Crippen LogP contribution is 2.27. The van der Waals surface area contributed by atoms with Crippen LogP contribution in [-0.4, -0.2) is 21.1 Å². The normalized spacial score (nSPS) is 11.4. The van der Waals surface area contributed by atoms with Gasteiger partial charge in [-0.3, -0.25) is 4.57 Å². The topological polar surface area (TPSA) is 39.9 Å². The third-order valence-electron chi connectivity index (χ3n) is 2.67. The van der Waals surface area contributed by atoms with Crippen LogP contribution in [0, 0.1) is 0 Å². The van der Waals surface area contributed by atoms with E-state index in [9.17, 15) is 0 Å². The molecule has 0 atom stereocenters. The molecule has 4 nitrogen and oxygen atoms in total. The van der Waals surface area contributed by atoms with Gasteiger partial charge in [0.1, 0.15) is 12.1 Å². The van der Waals surface area contributed by atoms with Crippen molar-refractivity contribution < 1.29 is 4.74 Å². The number of rotatable bonds is 4. The van der Waals surface area contributed by atoms with Crippen molar-refractivity contribution in [3.63, 3.8) is 0 Å². The minimum Gasteiger partial charge on any atom is -0.501 e. The lowest BCUT2D eigenvalue weighted by molar-refractivity contribution is 0.272. The van der Waals surface area contributed by atoms with Gasteiger partial charge < -0.3 is 4.74 Å². The molecule has 0 bridgehead atoms. The van der Waals surface area contributed by atoms with Crippen LogP contribution in [0.1, 0.15) is 11.8 Å². The van der Waals surface area contributed by atoms with Gasteiger partial charge in [-0.2, -0.15) is 0 Å². The van der Waals surface area contributed by atoms with E-state index in [4.69, 9.17) is 4.74 Å². The van der Waals surface area contributed by atoms with E-state index in [-0.39, 0.29) is 0 Å². The van der Waals surface area contributed by atoms with E-state index in [0.717, 1.165) is 10.7 Å². The van der Waals surface area contributed by atoms with Gasteiger partial charge in [0.2, 0.25) is 0 Å². The summed E-state index contributed by atoms with van der Waals surface area (Å²) in [5.41, 5.74) is 0. The van der Waals surface area contributed by atoms with Crippen LogP contribution in [0.15, 0.2) is 43.3 Å². The molecule has 96 valence electrons. The molecule has 0 saturated heterocycles. The lowest BCUT2D eigenvalue weighted by atomic mass is 10.3. The first-order chi connectivity index (χ1) is 9.36. The summed E-state index contributed by atoms with van der Waals surface area (Å²) in [5.74, 6) is 0.878. The molecule has 0 aliphatic carbocycles. The van der Waals surface area contributed by atoms with Crippen LogP contribution >= 0.6 is 11.3 Å². The maximum absolute atomic E-state index is 5.21. The molecule has 0 aromatic carbocycles. The maximum atomic E-state index is 5.21. The van der Waals surface area contributed by atoms with Crippen molar-refractivity contribution in [2.45, 2.75) is 6.92 Å². The van der Waals surface area contributed by atoms with Crippen molar-refractivity contribution in [2.75, 3.05) is 6.61 Å². The van der Waals surface area contributed by atoms with Gasteiger partial charge in [-0.1, -0.05) is 0 Å². The highest BCUT2D eigenvalue weighted by Gasteiger charge is 2.03. The highest BCUT2D eigenvalue weighted by molar-refractivity contribution is 7.19. The van der Waals surface area contributed by atoms with Crippen molar-refractivity contribution in [1.82, 2.24) is 14.5 Å². The molecule has 0 aliphatic heterocycles. The first kappa shape index (κ1) is 11.9. The van der Waals surface area contributed by atoms with Crippen molar-refractivity contribution in [2.24, 2.45) is 0 Å². The molecule has 0 radical (unpaired) electrons. The number of thiophene rings is 1. The van der Waals surface area contributed by atoms with E-state index < -0.39 is 0 Å². The molecule has 5 heteroatoms. The second-order valence-corrected chi connectivity index (χ2v) is 5.07. The largest absolute Gasteiger partial charge is 0.501 e. The van der Waals surface area contributed by atoms with Crippen LogP contribution in [0.25, 0.3) is 22.0 Å². The smallest absolute Gasteiger partial charge is 0.138 e. The molecule has 0 amide bonds. The van der Waals surface area contributed by atoms with E-state index in [1.807, 2.05) is 30.0 Å². The first-order valence-corrected chi connectivity index (χ1v) is 6.84. The van der Waals surface area contributed by atoms with Gasteiger partial charge in [0.05, 0.1) is 17.6 Å². The average molecular weight is 271 g/mol. The van der Waals surface area contributed by atoms with Crippen LogP contribution in [0.5, 0.6) is 0 Å². The first-order valence-electron chi connectivity index (χ1n) is 6.03. The van der Waals surface area contributed by atoms with E-state index in [1.165, 1.54) is 10.1 Å². The number of imidazole rings is 1. The lowest BCUT2D eigenvalue weighted by Crippen LogP contribution is -1.92. The van der Waals surface area contributed by atoms with Gasteiger partial charge in [0.25, 0.3) is 0 Å². The van der Waals surface area contributed by atoms with Crippen LogP contribution < -0.4 is 0 Å². The van der Waals surface area contributed by atoms with Crippen LogP contribution in [0.4, 0.5) is 0 Å². The van der Waals surface area contributed by atoms with Crippen LogP contribution in [-0.2, 0) is 4.74 Å². The summed E-state index contributed by atoms with van der Waals surface area (Å²) >= 11 is 1.70. The predicted molar refractivity (Wildman–Crippen MR) is 77.4 cm³/mol. The van der Waals surface area contributed by atoms with Gasteiger partial charge in [-0.15, -0.1) is 11.3 Å². The molecule has 0 aliphatic rings. The van der Waals surface area contributed by atoms with Crippen molar-refractivity contribution >= 4 is 27.5 Å². The second-order valence-electron chi connectivity index (χ2n) is 3.96. The number of nitrogens with zero attached hydrogens (tertiary/aromatic N) is 3. The summed E-state index contributed by atoms with van der Waals surface area (Å²) in [7, 11) is 0. The number of pyridine rings is 1. The number of hydrogen-bond acceptors (Lipinski definition) is 4. The van der Waals surface area contributed by atoms with Gasteiger partial charge in [-0.25, -0.2) is 9.97 Å². The Balaban J connectivity index is 1.95. The molecule has 3 aromatic heterocycles. The molecule has 3 rings (SSSR count). The molecule has 0 saturated carbocycles. The monoisotopic (exact) mass is 271 g/mol. The fourth-order valence-electron chi connectivity index (χ4n) is 1.78. The van der Waals surface area contributed by atoms with E-state index >= 15 is 0 Å². The Morgan fingerprint density at radius 3 is 3.16 bits per heavy atom. The van der Waals surface area contributed by atoms with Gasteiger partial charge >= 0.3 is 0 Å². The number of aromatic nitrogens is 3. The van der Waals surface area contributed by atoms with Crippen LogP contribution in [0.2, 0.25) is 0 Å². The molecule has 3 aromatic rings. The van der Waals surface area contributed by atoms with E-state index in [0.29, 0.717) is 6.61 Å². The minimum absolute atomic E-state index is 0.688. The Bertz CT molecular complexity index is 701. The fraction of sp³-hybridized carbons (Fsp3) is 0.143. The Labute approximate surface area is 115 Å². The third-order valence-corrected chi connectivity index (χ3v) is 3.72. The quantitative estimate of drug-likeness (QED) is 0.682. The molecule has 0 unspecified atom stereocenters. The zero-order valence-corrected chi connectivity index (χ0v) is 11.3. The molecule has 19 heavy (non-hydrogen) atoms. The van der Waals surface area contributed by atoms with Gasteiger partial charge in [0.15, 0.2) is 0 Å². The summed E-state index contributed by atoms with van der Waals surface area (Å²) in [4.78, 5) is 9.63. The Kier molecular flexibility index (Phi) is 3.29. The molecule has 3 heterocycles. The van der Waals surface area contributed by atoms with Crippen molar-refractivity contribution in [3.05, 3.63) is 48.2 Å². The number of hydrogen-bond donors (Lipinski definition) is 0. The molecular weight excluding hydrogens is 258 g/mol. The zero-order valence-electron chi connectivity index (χ0n) is 10.5. The lowest BCUT2D eigenvalue weighted by Gasteiger charge is -1.99. The average Bonchev–Trinajstić information content (AvgIpc) is 3.07. The van der Waals surface area contributed by atoms with Crippen molar-refractivity contribution in [3.8, 4) is 5.82 Å². The van der Waals surface area contributed by atoms with Gasteiger partial charge in [-0.05, 0) is 30.5 Å². The minimum atomic E-state index is 0.688. The SMILES string of the molecule is CCOC=Cc1cc2cc(-n3ccnc3)ncc2s1. The Hall–Kier alpha value is -2.14. The fourth-order valence-corrected chi connectivity index (χ4v) is 2.69.